The number of rotatable bonds is 6. The molecule has 0 bridgehead atoms. The fourth-order valence-electron chi connectivity index (χ4n) is 2.01. The quantitative estimate of drug-likeness (QED) is 0.793. The van der Waals surface area contributed by atoms with Gasteiger partial charge in [-0.25, -0.2) is 0 Å². The Morgan fingerprint density at radius 2 is 2.00 bits per heavy atom. The lowest BCUT2D eigenvalue weighted by molar-refractivity contribution is -0.128. The highest BCUT2D eigenvalue weighted by molar-refractivity contribution is 5.45. The minimum absolute atomic E-state index is 0.0674. The zero-order chi connectivity index (χ0) is 12.1. The maximum absolute atomic E-state index is 9.31. The Morgan fingerprint density at radius 3 is 2.47 bits per heavy atom. The second kappa shape index (κ2) is 5.52. The van der Waals surface area contributed by atoms with Gasteiger partial charge in [0, 0.05) is 12.2 Å². The van der Waals surface area contributed by atoms with Gasteiger partial charge in [0.1, 0.15) is 0 Å². The van der Waals surface area contributed by atoms with E-state index in [1.807, 2.05) is 0 Å². The van der Waals surface area contributed by atoms with Gasteiger partial charge in [-0.2, -0.15) is 0 Å². The summed E-state index contributed by atoms with van der Waals surface area (Å²) < 4.78 is 5.17. The third kappa shape index (κ3) is 2.99. The lowest BCUT2D eigenvalue weighted by Crippen LogP contribution is -2.50. The fourth-order valence-corrected chi connectivity index (χ4v) is 2.01. The van der Waals surface area contributed by atoms with E-state index in [0.29, 0.717) is 13.2 Å². The Kier molecular flexibility index (Phi) is 4.02. The highest BCUT2D eigenvalue weighted by Crippen LogP contribution is 2.27. The van der Waals surface area contributed by atoms with Gasteiger partial charge in [-0.1, -0.05) is 25.5 Å². The minimum Gasteiger partial charge on any atom is -0.396 e. The largest absolute Gasteiger partial charge is 0.396 e. The molecule has 1 saturated heterocycles. The number of anilines is 1. The topological polar surface area (TPSA) is 41.5 Å². The second-order valence-corrected chi connectivity index (χ2v) is 4.95. The van der Waals surface area contributed by atoms with Gasteiger partial charge >= 0.3 is 0 Å². The SMILES string of the molecule is CCCc1ccc(NCC2(CO)COC2)cc1. The fraction of sp³-hybridized carbons (Fsp3) is 0.571. The first kappa shape index (κ1) is 12.4. The van der Waals surface area contributed by atoms with Gasteiger partial charge in [0.2, 0.25) is 0 Å². The van der Waals surface area contributed by atoms with Crippen molar-refractivity contribution in [2.45, 2.75) is 19.8 Å². The number of benzene rings is 1. The summed E-state index contributed by atoms with van der Waals surface area (Å²) in [5.74, 6) is 0. The van der Waals surface area contributed by atoms with E-state index in [1.54, 1.807) is 0 Å². The van der Waals surface area contributed by atoms with Crippen molar-refractivity contribution < 1.29 is 9.84 Å². The van der Waals surface area contributed by atoms with Crippen molar-refractivity contribution >= 4 is 5.69 Å². The van der Waals surface area contributed by atoms with Crippen LogP contribution in [0.15, 0.2) is 24.3 Å². The van der Waals surface area contributed by atoms with Crippen LogP contribution in [0, 0.1) is 5.41 Å². The molecule has 1 aromatic rings. The molecule has 1 aliphatic heterocycles. The summed E-state index contributed by atoms with van der Waals surface area (Å²) in [7, 11) is 0. The molecule has 94 valence electrons. The van der Waals surface area contributed by atoms with E-state index in [2.05, 4.69) is 36.5 Å². The van der Waals surface area contributed by atoms with Crippen LogP contribution in [-0.2, 0) is 11.2 Å². The van der Waals surface area contributed by atoms with E-state index in [4.69, 9.17) is 4.74 Å². The maximum atomic E-state index is 9.31. The van der Waals surface area contributed by atoms with Crippen molar-refractivity contribution in [3.63, 3.8) is 0 Å². The smallest absolute Gasteiger partial charge is 0.0584 e. The molecule has 0 spiro atoms. The molecule has 2 N–H and O–H groups in total. The van der Waals surface area contributed by atoms with E-state index in [9.17, 15) is 5.11 Å². The molecular formula is C14H21NO2. The van der Waals surface area contributed by atoms with Crippen LogP contribution in [0.1, 0.15) is 18.9 Å². The number of hydrogen-bond donors (Lipinski definition) is 2. The molecule has 2 rings (SSSR count). The lowest BCUT2D eigenvalue weighted by atomic mass is 9.87. The predicted octanol–water partition coefficient (Wildman–Crippen LogP) is 2.06. The minimum atomic E-state index is -0.0674. The van der Waals surface area contributed by atoms with Crippen LogP contribution in [-0.4, -0.2) is 31.5 Å². The normalized spacial score (nSPS) is 17.5. The maximum Gasteiger partial charge on any atom is 0.0584 e. The van der Waals surface area contributed by atoms with E-state index < -0.39 is 0 Å². The average molecular weight is 235 g/mol. The summed E-state index contributed by atoms with van der Waals surface area (Å²) in [6.45, 7) is 4.47. The molecule has 0 aromatic heterocycles. The van der Waals surface area contributed by atoms with Gasteiger partial charge in [0.15, 0.2) is 0 Å². The molecule has 1 aliphatic rings. The van der Waals surface area contributed by atoms with Crippen LogP contribution in [0.5, 0.6) is 0 Å². The Labute approximate surface area is 103 Å². The molecule has 17 heavy (non-hydrogen) atoms. The molecule has 3 nitrogen and oxygen atoms in total. The monoisotopic (exact) mass is 235 g/mol. The van der Waals surface area contributed by atoms with Crippen LogP contribution in [0.25, 0.3) is 0 Å². The third-order valence-corrected chi connectivity index (χ3v) is 3.31. The summed E-state index contributed by atoms with van der Waals surface area (Å²) in [4.78, 5) is 0. The van der Waals surface area contributed by atoms with E-state index in [0.717, 1.165) is 18.7 Å². The zero-order valence-corrected chi connectivity index (χ0v) is 10.4. The van der Waals surface area contributed by atoms with Gasteiger partial charge in [0.05, 0.1) is 25.2 Å². The van der Waals surface area contributed by atoms with Crippen molar-refractivity contribution in [2.75, 3.05) is 31.7 Å². The van der Waals surface area contributed by atoms with E-state index in [-0.39, 0.29) is 12.0 Å². The molecular weight excluding hydrogens is 214 g/mol. The Morgan fingerprint density at radius 1 is 1.29 bits per heavy atom. The van der Waals surface area contributed by atoms with Gasteiger partial charge in [-0.15, -0.1) is 0 Å². The molecule has 0 aliphatic carbocycles. The van der Waals surface area contributed by atoms with Crippen LogP contribution < -0.4 is 5.32 Å². The van der Waals surface area contributed by atoms with Crippen LogP contribution in [0.4, 0.5) is 5.69 Å². The van der Waals surface area contributed by atoms with Crippen LogP contribution >= 0.6 is 0 Å². The molecule has 0 atom stereocenters. The molecule has 1 heterocycles. The highest BCUT2D eigenvalue weighted by Gasteiger charge is 2.37. The molecule has 0 radical (unpaired) electrons. The molecule has 0 saturated carbocycles. The molecule has 0 amide bonds. The van der Waals surface area contributed by atoms with Crippen molar-refractivity contribution in [3.05, 3.63) is 29.8 Å². The van der Waals surface area contributed by atoms with Crippen LogP contribution in [0.2, 0.25) is 0 Å². The zero-order valence-electron chi connectivity index (χ0n) is 10.4. The summed E-state index contributed by atoms with van der Waals surface area (Å²) in [6.07, 6.45) is 2.31. The highest BCUT2D eigenvalue weighted by atomic mass is 16.5. The number of ether oxygens (including phenoxy) is 1. The van der Waals surface area contributed by atoms with Crippen molar-refractivity contribution in [1.29, 1.82) is 0 Å². The van der Waals surface area contributed by atoms with E-state index >= 15 is 0 Å². The van der Waals surface area contributed by atoms with Crippen LogP contribution in [0.3, 0.4) is 0 Å². The first-order valence-corrected chi connectivity index (χ1v) is 6.29. The first-order valence-electron chi connectivity index (χ1n) is 6.29. The first-order chi connectivity index (χ1) is 8.28. The van der Waals surface area contributed by atoms with Gasteiger partial charge in [-0.05, 0) is 24.1 Å². The van der Waals surface area contributed by atoms with Crippen molar-refractivity contribution in [2.24, 2.45) is 5.41 Å². The standard InChI is InChI=1S/C14H21NO2/c1-2-3-12-4-6-13(7-5-12)15-8-14(9-16)10-17-11-14/h4-7,15-16H,2-3,8-11H2,1H3. The predicted molar refractivity (Wildman–Crippen MR) is 69.3 cm³/mol. The summed E-state index contributed by atoms with van der Waals surface area (Å²) >= 11 is 0. The second-order valence-electron chi connectivity index (χ2n) is 4.95. The number of hydrogen-bond acceptors (Lipinski definition) is 3. The summed E-state index contributed by atoms with van der Waals surface area (Å²) in [6, 6.07) is 8.54. The average Bonchev–Trinajstić information content (AvgIpc) is 2.31. The number of aliphatic hydroxyl groups excluding tert-OH is 1. The number of aryl methyl sites for hydroxylation is 1. The summed E-state index contributed by atoms with van der Waals surface area (Å²) in [5, 5.41) is 12.7. The van der Waals surface area contributed by atoms with Gasteiger partial charge in [0.25, 0.3) is 0 Å². The molecule has 1 fully saturated rings. The number of nitrogens with one attached hydrogen (secondary N) is 1. The van der Waals surface area contributed by atoms with Gasteiger partial charge in [-0.3, -0.25) is 0 Å². The van der Waals surface area contributed by atoms with Crippen molar-refractivity contribution in [1.82, 2.24) is 0 Å². The third-order valence-electron chi connectivity index (χ3n) is 3.31. The van der Waals surface area contributed by atoms with Gasteiger partial charge < -0.3 is 15.2 Å². The Balaban J connectivity index is 1.86. The molecule has 3 heteroatoms. The van der Waals surface area contributed by atoms with Crippen molar-refractivity contribution in [3.8, 4) is 0 Å². The molecule has 0 unspecified atom stereocenters. The summed E-state index contributed by atoms with van der Waals surface area (Å²) in [5.41, 5.74) is 2.42. The lowest BCUT2D eigenvalue weighted by Gasteiger charge is -2.40. The van der Waals surface area contributed by atoms with E-state index in [1.165, 1.54) is 12.0 Å². The Bertz CT molecular complexity index is 338. The Hall–Kier alpha value is -1.06. The molecule has 1 aromatic carbocycles. The number of aliphatic hydroxyl groups is 1.